The van der Waals surface area contributed by atoms with Crippen molar-refractivity contribution in [2.24, 2.45) is 7.05 Å². The summed E-state index contributed by atoms with van der Waals surface area (Å²) in [5.41, 5.74) is 0.848. The van der Waals surface area contributed by atoms with Gasteiger partial charge in [-0.05, 0) is 5.56 Å². The topological polar surface area (TPSA) is 84.2 Å². The van der Waals surface area contributed by atoms with E-state index in [4.69, 9.17) is 5.11 Å². The first-order valence-corrected chi connectivity index (χ1v) is 6.11. The minimum Gasteiger partial charge on any atom is -0.481 e. The van der Waals surface area contributed by atoms with Crippen molar-refractivity contribution in [2.75, 3.05) is 0 Å². The fourth-order valence-corrected chi connectivity index (χ4v) is 1.95. The highest BCUT2D eigenvalue weighted by Gasteiger charge is 2.21. The molecule has 0 radical (unpaired) electrons. The molecule has 0 saturated carbocycles. The molecule has 1 unspecified atom stereocenters. The zero-order chi connectivity index (χ0) is 14.5. The molecule has 0 aliphatic carbocycles. The molecule has 104 valence electrons. The van der Waals surface area contributed by atoms with Crippen molar-refractivity contribution in [3.8, 4) is 0 Å². The minimum atomic E-state index is -1.16. The fourth-order valence-electron chi connectivity index (χ4n) is 1.95. The van der Waals surface area contributed by atoms with Crippen LogP contribution in [0, 0.1) is 0 Å². The number of hydrogen-bond donors (Lipinski definition) is 2. The molecular weight excluding hydrogens is 258 g/mol. The maximum absolute atomic E-state index is 11.7. The monoisotopic (exact) mass is 273 g/mol. The Morgan fingerprint density at radius 1 is 1.35 bits per heavy atom. The number of nitrogens with zero attached hydrogens (tertiary/aromatic N) is 2. The second-order valence-corrected chi connectivity index (χ2v) is 4.38. The first kappa shape index (κ1) is 13.8. The van der Waals surface area contributed by atoms with E-state index in [0.29, 0.717) is 5.82 Å². The molecule has 2 N–H and O–H groups in total. The van der Waals surface area contributed by atoms with Crippen molar-refractivity contribution in [2.45, 2.75) is 12.5 Å². The van der Waals surface area contributed by atoms with Gasteiger partial charge in [-0.3, -0.25) is 9.59 Å². The van der Waals surface area contributed by atoms with Gasteiger partial charge in [0.05, 0.1) is 0 Å². The minimum absolute atomic E-state index is 0.469. The zero-order valence-corrected chi connectivity index (χ0v) is 11.0. The molecule has 2 aromatic rings. The van der Waals surface area contributed by atoms with Gasteiger partial charge in [-0.2, -0.15) is 0 Å². The van der Waals surface area contributed by atoms with E-state index >= 15 is 0 Å². The SMILES string of the molecule is Cn1ccnc1C(NC(=O)CC(=O)O)c1ccccc1. The molecule has 0 aliphatic rings. The average Bonchev–Trinajstić information content (AvgIpc) is 2.82. The number of aromatic nitrogens is 2. The molecular formula is C14H15N3O3. The molecule has 0 saturated heterocycles. The number of imidazole rings is 1. The van der Waals surface area contributed by atoms with E-state index in [1.165, 1.54) is 0 Å². The Bertz CT molecular complexity index is 607. The first-order valence-electron chi connectivity index (χ1n) is 6.11. The van der Waals surface area contributed by atoms with Gasteiger partial charge in [0.1, 0.15) is 18.3 Å². The van der Waals surface area contributed by atoms with Gasteiger partial charge in [-0.15, -0.1) is 0 Å². The maximum atomic E-state index is 11.7. The number of nitrogens with one attached hydrogen (secondary N) is 1. The summed E-state index contributed by atoms with van der Waals surface area (Å²) >= 11 is 0. The summed E-state index contributed by atoms with van der Waals surface area (Å²) in [6.07, 6.45) is 2.84. The lowest BCUT2D eigenvalue weighted by molar-refractivity contribution is -0.140. The van der Waals surface area contributed by atoms with E-state index < -0.39 is 24.3 Å². The van der Waals surface area contributed by atoms with Crippen molar-refractivity contribution in [1.29, 1.82) is 0 Å². The van der Waals surface area contributed by atoms with E-state index in [-0.39, 0.29) is 0 Å². The summed E-state index contributed by atoms with van der Waals surface area (Å²) in [6, 6.07) is 8.84. The molecule has 1 atom stereocenters. The summed E-state index contributed by atoms with van der Waals surface area (Å²) in [5.74, 6) is -1.06. The van der Waals surface area contributed by atoms with Crippen molar-refractivity contribution >= 4 is 11.9 Å². The van der Waals surface area contributed by atoms with E-state index in [9.17, 15) is 9.59 Å². The Balaban J connectivity index is 2.28. The molecule has 0 aliphatic heterocycles. The number of aliphatic carboxylic acids is 1. The third-order valence-corrected chi connectivity index (χ3v) is 2.87. The van der Waals surface area contributed by atoms with Gasteiger partial charge < -0.3 is 15.0 Å². The molecule has 20 heavy (non-hydrogen) atoms. The number of hydrogen-bond acceptors (Lipinski definition) is 3. The molecule has 2 rings (SSSR count). The lowest BCUT2D eigenvalue weighted by atomic mass is 10.1. The highest BCUT2D eigenvalue weighted by atomic mass is 16.4. The van der Waals surface area contributed by atoms with Crippen LogP contribution >= 0.6 is 0 Å². The van der Waals surface area contributed by atoms with Gasteiger partial charge in [-0.25, -0.2) is 4.98 Å². The summed E-state index contributed by atoms with van der Waals surface area (Å²) < 4.78 is 1.79. The lowest BCUT2D eigenvalue weighted by Gasteiger charge is -2.18. The van der Waals surface area contributed by atoms with Crippen LogP contribution in [0.5, 0.6) is 0 Å². The molecule has 6 heteroatoms. The second-order valence-electron chi connectivity index (χ2n) is 4.38. The van der Waals surface area contributed by atoms with Crippen LogP contribution in [-0.4, -0.2) is 26.5 Å². The fraction of sp³-hybridized carbons (Fsp3) is 0.214. The van der Waals surface area contributed by atoms with Crippen LogP contribution < -0.4 is 5.32 Å². The standard InChI is InChI=1S/C14H15N3O3/c1-17-8-7-15-14(17)13(10-5-3-2-4-6-10)16-11(18)9-12(19)20/h2-8,13H,9H2,1H3,(H,16,18)(H,19,20). The largest absolute Gasteiger partial charge is 0.481 e. The summed E-state index contributed by atoms with van der Waals surface area (Å²) in [4.78, 5) is 26.5. The van der Waals surface area contributed by atoms with Crippen LogP contribution in [0.15, 0.2) is 42.7 Å². The third-order valence-electron chi connectivity index (χ3n) is 2.87. The molecule has 1 aromatic carbocycles. The van der Waals surface area contributed by atoms with Crippen molar-refractivity contribution < 1.29 is 14.7 Å². The molecule has 1 heterocycles. The Morgan fingerprint density at radius 2 is 2.05 bits per heavy atom. The number of carboxylic acid groups (broad SMARTS) is 1. The van der Waals surface area contributed by atoms with Crippen LogP contribution in [0.1, 0.15) is 23.9 Å². The van der Waals surface area contributed by atoms with Gasteiger partial charge in [0.15, 0.2) is 0 Å². The van der Waals surface area contributed by atoms with Crippen molar-refractivity contribution in [1.82, 2.24) is 14.9 Å². The van der Waals surface area contributed by atoms with Gasteiger partial charge in [0.2, 0.25) is 5.91 Å². The van der Waals surface area contributed by atoms with Crippen LogP contribution in [0.4, 0.5) is 0 Å². The van der Waals surface area contributed by atoms with Crippen LogP contribution in [-0.2, 0) is 16.6 Å². The van der Waals surface area contributed by atoms with E-state index in [0.717, 1.165) is 5.56 Å². The molecule has 0 bridgehead atoms. The molecule has 1 amide bonds. The average molecular weight is 273 g/mol. The highest BCUT2D eigenvalue weighted by Crippen LogP contribution is 2.20. The molecule has 1 aromatic heterocycles. The summed E-state index contributed by atoms with van der Waals surface area (Å²) in [6.45, 7) is 0. The highest BCUT2D eigenvalue weighted by molar-refractivity contribution is 5.93. The van der Waals surface area contributed by atoms with Crippen LogP contribution in [0.2, 0.25) is 0 Å². The van der Waals surface area contributed by atoms with E-state index in [1.54, 1.807) is 17.0 Å². The number of aryl methyl sites for hydroxylation is 1. The Morgan fingerprint density at radius 3 is 2.60 bits per heavy atom. The van der Waals surface area contributed by atoms with E-state index in [2.05, 4.69) is 10.3 Å². The third kappa shape index (κ3) is 3.23. The zero-order valence-electron chi connectivity index (χ0n) is 11.0. The lowest BCUT2D eigenvalue weighted by Crippen LogP contribution is -2.32. The number of amides is 1. The number of carbonyl (C=O) groups excluding carboxylic acids is 1. The van der Waals surface area contributed by atoms with Gasteiger partial charge in [-0.1, -0.05) is 30.3 Å². The molecule has 0 fully saturated rings. The van der Waals surface area contributed by atoms with Gasteiger partial charge in [0.25, 0.3) is 0 Å². The quantitative estimate of drug-likeness (QED) is 0.799. The normalized spacial score (nSPS) is 11.8. The number of carbonyl (C=O) groups is 2. The smallest absolute Gasteiger partial charge is 0.312 e. The van der Waals surface area contributed by atoms with Crippen LogP contribution in [0.25, 0.3) is 0 Å². The predicted octanol–water partition coefficient (Wildman–Crippen LogP) is 1.10. The number of carboxylic acids is 1. The molecule has 0 spiro atoms. The number of rotatable bonds is 5. The Labute approximate surface area is 116 Å². The molecule has 6 nitrogen and oxygen atoms in total. The van der Waals surface area contributed by atoms with Gasteiger partial charge in [0, 0.05) is 19.4 Å². The van der Waals surface area contributed by atoms with Crippen molar-refractivity contribution in [3.05, 3.63) is 54.1 Å². The summed E-state index contributed by atoms with van der Waals surface area (Å²) in [7, 11) is 1.82. The predicted molar refractivity (Wildman–Crippen MR) is 71.9 cm³/mol. The van der Waals surface area contributed by atoms with Crippen LogP contribution in [0.3, 0.4) is 0 Å². The maximum Gasteiger partial charge on any atom is 0.312 e. The first-order chi connectivity index (χ1) is 9.58. The Kier molecular flexibility index (Phi) is 4.14. The Hall–Kier alpha value is -2.63. The van der Waals surface area contributed by atoms with E-state index in [1.807, 2.05) is 37.4 Å². The number of benzene rings is 1. The second kappa shape index (κ2) is 6.01. The van der Waals surface area contributed by atoms with Crippen molar-refractivity contribution in [3.63, 3.8) is 0 Å². The van der Waals surface area contributed by atoms with Gasteiger partial charge >= 0.3 is 5.97 Å². The summed E-state index contributed by atoms with van der Waals surface area (Å²) in [5, 5.41) is 11.4.